The molecule has 2 saturated heterocycles. The minimum atomic E-state index is -1.85. The summed E-state index contributed by atoms with van der Waals surface area (Å²) in [7, 11) is -1.85. The Morgan fingerprint density at radius 3 is 2.28 bits per heavy atom. The molecule has 2 aliphatic rings. The highest BCUT2D eigenvalue weighted by Gasteiger charge is 2.35. The minimum absolute atomic E-state index is 0.767. The van der Waals surface area contributed by atoms with Crippen molar-refractivity contribution in [1.82, 2.24) is 9.80 Å². The summed E-state index contributed by atoms with van der Waals surface area (Å²) in [6.07, 6.45) is 5.41. The molecule has 0 saturated carbocycles. The lowest BCUT2D eigenvalue weighted by Crippen LogP contribution is -2.51. The summed E-state index contributed by atoms with van der Waals surface area (Å²) < 4.78 is 12.0. The molecule has 2 rings (SSSR count). The van der Waals surface area contributed by atoms with Crippen LogP contribution in [0.2, 0.25) is 12.6 Å². The van der Waals surface area contributed by atoms with Gasteiger partial charge in [0.05, 0.1) is 13.5 Å². The summed E-state index contributed by atoms with van der Waals surface area (Å²) in [6.45, 7) is 10.7. The molecule has 0 radical (unpaired) electrons. The van der Waals surface area contributed by atoms with Crippen LogP contribution in [0.25, 0.3) is 0 Å². The molecule has 0 aromatic rings. The summed E-state index contributed by atoms with van der Waals surface area (Å²) in [4.78, 5) is 4.79. The number of likely N-dealkylation sites (tertiary alicyclic amines) is 1. The van der Waals surface area contributed by atoms with Crippen LogP contribution in [-0.2, 0) is 8.85 Å². The van der Waals surface area contributed by atoms with E-state index in [1.807, 2.05) is 0 Å². The van der Waals surface area contributed by atoms with Crippen molar-refractivity contribution < 1.29 is 8.85 Å². The molecule has 2 heterocycles. The fourth-order valence-electron chi connectivity index (χ4n) is 2.67. The van der Waals surface area contributed by atoms with Gasteiger partial charge in [-0.05, 0) is 58.0 Å². The third-order valence-corrected chi connectivity index (χ3v) is 6.85. The highest BCUT2D eigenvalue weighted by molar-refractivity contribution is 6.66. The van der Waals surface area contributed by atoms with E-state index in [-0.39, 0.29) is 0 Å². The lowest BCUT2D eigenvalue weighted by molar-refractivity contribution is -0.0288. The molecular formula is C13H28N2O2Si. The van der Waals surface area contributed by atoms with E-state index in [0.29, 0.717) is 0 Å². The largest absolute Gasteiger partial charge is 0.381 e. The van der Waals surface area contributed by atoms with Crippen LogP contribution in [0.4, 0.5) is 0 Å². The lowest BCUT2D eigenvalue weighted by atomic mass is 10.1. The van der Waals surface area contributed by atoms with E-state index in [1.165, 1.54) is 45.3 Å². The zero-order valence-electron chi connectivity index (χ0n) is 12.0. The van der Waals surface area contributed by atoms with E-state index in [4.69, 9.17) is 8.85 Å². The third kappa shape index (κ3) is 4.31. The molecule has 0 amide bonds. The lowest BCUT2D eigenvalue weighted by Gasteiger charge is -2.37. The van der Waals surface area contributed by atoms with Crippen LogP contribution >= 0.6 is 0 Å². The van der Waals surface area contributed by atoms with Crippen LogP contribution in [0.15, 0.2) is 0 Å². The highest BCUT2D eigenvalue weighted by atomic mass is 28.4. The van der Waals surface area contributed by atoms with E-state index in [2.05, 4.69) is 23.3 Å². The fourth-order valence-corrected chi connectivity index (χ4v) is 4.75. The number of piperidine rings is 1. The van der Waals surface area contributed by atoms with Crippen LogP contribution in [0, 0.1) is 0 Å². The Morgan fingerprint density at radius 2 is 1.67 bits per heavy atom. The predicted octanol–water partition coefficient (Wildman–Crippen LogP) is 2.22. The van der Waals surface area contributed by atoms with E-state index in [0.717, 1.165) is 26.1 Å². The summed E-state index contributed by atoms with van der Waals surface area (Å²) in [5, 5.41) is 0. The van der Waals surface area contributed by atoms with Gasteiger partial charge in [0.1, 0.15) is 0 Å². The first-order valence-corrected chi connectivity index (χ1v) is 9.97. The van der Waals surface area contributed by atoms with Crippen LogP contribution in [0.5, 0.6) is 0 Å². The Hall–Kier alpha value is 0.0569. The van der Waals surface area contributed by atoms with Crippen LogP contribution in [0.3, 0.4) is 0 Å². The first kappa shape index (κ1) is 14.5. The average Bonchev–Trinajstić information content (AvgIpc) is 2.41. The maximum absolute atomic E-state index is 5.98. The Bertz CT molecular complexity index is 239. The summed E-state index contributed by atoms with van der Waals surface area (Å²) in [5.74, 6) is 0. The number of nitrogens with zero attached hydrogens (tertiary/aromatic N) is 2. The Labute approximate surface area is 112 Å². The molecule has 4 nitrogen and oxygen atoms in total. The molecule has 0 aliphatic carbocycles. The normalized spacial score (nSPS) is 26.3. The van der Waals surface area contributed by atoms with Crippen LogP contribution < -0.4 is 0 Å². The second-order valence-corrected chi connectivity index (χ2v) is 9.02. The van der Waals surface area contributed by atoms with Crippen LogP contribution in [-0.4, -0.2) is 58.0 Å². The molecular weight excluding hydrogens is 244 g/mol. The van der Waals surface area contributed by atoms with Crippen molar-refractivity contribution >= 4 is 8.56 Å². The Morgan fingerprint density at radius 1 is 1.00 bits per heavy atom. The molecule has 0 atom stereocenters. The van der Waals surface area contributed by atoms with Gasteiger partial charge in [-0.3, -0.25) is 4.90 Å². The molecule has 0 bridgehead atoms. The van der Waals surface area contributed by atoms with E-state index < -0.39 is 8.56 Å². The summed E-state index contributed by atoms with van der Waals surface area (Å²) in [6, 6.07) is 1.14. The SMILES string of the molecule is CCN1CO[Si](C)(CCCN2CCCCC2)OC1. The summed E-state index contributed by atoms with van der Waals surface area (Å²) in [5.41, 5.74) is 0. The zero-order chi connectivity index (χ0) is 12.8. The monoisotopic (exact) mass is 272 g/mol. The first-order valence-electron chi connectivity index (χ1n) is 7.44. The topological polar surface area (TPSA) is 24.9 Å². The molecule has 18 heavy (non-hydrogen) atoms. The Balaban J connectivity index is 1.63. The molecule has 0 unspecified atom stereocenters. The van der Waals surface area contributed by atoms with Crippen LogP contribution in [0.1, 0.15) is 32.6 Å². The van der Waals surface area contributed by atoms with Crippen molar-refractivity contribution in [2.45, 2.75) is 45.2 Å². The van der Waals surface area contributed by atoms with Crippen molar-refractivity contribution in [3.63, 3.8) is 0 Å². The minimum Gasteiger partial charge on any atom is -0.381 e. The van der Waals surface area contributed by atoms with Gasteiger partial charge in [-0.25, -0.2) is 0 Å². The maximum Gasteiger partial charge on any atom is 0.336 e. The smallest absolute Gasteiger partial charge is 0.336 e. The molecule has 0 N–H and O–H groups in total. The van der Waals surface area contributed by atoms with Gasteiger partial charge in [-0.1, -0.05) is 13.3 Å². The molecule has 2 aliphatic heterocycles. The quantitative estimate of drug-likeness (QED) is 0.717. The maximum atomic E-state index is 5.98. The Kier molecular flexibility index (Phi) is 5.63. The van der Waals surface area contributed by atoms with Gasteiger partial charge in [0.15, 0.2) is 0 Å². The van der Waals surface area contributed by atoms with Gasteiger partial charge < -0.3 is 13.8 Å². The zero-order valence-corrected chi connectivity index (χ0v) is 13.0. The van der Waals surface area contributed by atoms with Gasteiger partial charge in [0.25, 0.3) is 0 Å². The van der Waals surface area contributed by atoms with Gasteiger partial charge in [-0.2, -0.15) is 0 Å². The van der Waals surface area contributed by atoms with Gasteiger partial charge in [0.2, 0.25) is 0 Å². The molecule has 2 fully saturated rings. The second-order valence-electron chi connectivity index (χ2n) is 5.67. The van der Waals surface area contributed by atoms with Crippen molar-refractivity contribution in [2.24, 2.45) is 0 Å². The second kappa shape index (κ2) is 7.00. The van der Waals surface area contributed by atoms with Gasteiger partial charge in [0, 0.05) is 0 Å². The number of rotatable bonds is 5. The van der Waals surface area contributed by atoms with Gasteiger partial charge in [-0.15, -0.1) is 0 Å². The molecule has 5 heteroatoms. The van der Waals surface area contributed by atoms with Crippen molar-refractivity contribution in [2.75, 3.05) is 39.6 Å². The summed E-state index contributed by atoms with van der Waals surface area (Å²) >= 11 is 0. The number of hydrogen-bond donors (Lipinski definition) is 0. The third-order valence-electron chi connectivity index (χ3n) is 4.11. The standard InChI is InChI=1S/C13H28N2O2Si/c1-3-14-12-16-18(2,17-13-14)11-7-10-15-8-5-4-6-9-15/h3-13H2,1-2H3. The van der Waals surface area contributed by atoms with E-state index >= 15 is 0 Å². The van der Waals surface area contributed by atoms with Crippen molar-refractivity contribution in [3.8, 4) is 0 Å². The molecule has 106 valence electrons. The highest BCUT2D eigenvalue weighted by Crippen LogP contribution is 2.21. The number of hydrogen-bond acceptors (Lipinski definition) is 4. The van der Waals surface area contributed by atoms with Crippen molar-refractivity contribution in [3.05, 3.63) is 0 Å². The van der Waals surface area contributed by atoms with E-state index in [1.54, 1.807) is 0 Å². The molecule has 0 spiro atoms. The van der Waals surface area contributed by atoms with Crippen molar-refractivity contribution in [1.29, 1.82) is 0 Å². The van der Waals surface area contributed by atoms with Gasteiger partial charge >= 0.3 is 8.56 Å². The van der Waals surface area contributed by atoms with E-state index in [9.17, 15) is 0 Å². The molecule has 0 aromatic heterocycles. The predicted molar refractivity (Wildman–Crippen MR) is 75.6 cm³/mol. The first-order chi connectivity index (χ1) is 8.72. The average molecular weight is 272 g/mol. The molecule has 0 aromatic carbocycles. The fraction of sp³-hybridized carbons (Fsp3) is 1.00.